The summed E-state index contributed by atoms with van der Waals surface area (Å²) in [6.07, 6.45) is 1.35. The van der Waals surface area contributed by atoms with Crippen LogP contribution in [0, 0.1) is 5.82 Å². The number of amides is 2. The van der Waals surface area contributed by atoms with Gasteiger partial charge in [0.25, 0.3) is 0 Å². The number of benzene rings is 2. The van der Waals surface area contributed by atoms with Gasteiger partial charge in [-0.1, -0.05) is 24.3 Å². The van der Waals surface area contributed by atoms with Crippen molar-refractivity contribution in [3.8, 4) is 5.75 Å². The first-order valence-corrected chi connectivity index (χ1v) is 8.57. The molecule has 0 aliphatic heterocycles. The third-order valence-electron chi connectivity index (χ3n) is 3.40. The van der Waals surface area contributed by atoms with Gasteiger partial charge in [-0.25, -0.2) is 9.82 Å². The molecule has 0 saturated heterocycles. The molecule has 6 nitrogen and oxygen atoms in total. The molecule has 0 aromatic heterocycles. The number of ether oxygens (including phenoxy) is 1. The summed E-state index contributed by atoms with van der Waals surface area (Å²) < 4.78 is 19.1. The van der Waals surface area contributed by atoms with Crippen molar-refractivity contribution in [3.63, 3.8) is 0 Å². The van der Waals surface area contributed by atoms with Crippen LogP contribution < -0.4 is 15.5 Å². The summed E-state index contributed by atoms with van der Waals surface area (Å²) in [4.78, 5) is 23.6. The number of carbonyl (C=O) groups is 2. The first-order chi connectivity index (χ1) is 13.0. The highest BCUT2D eigenvalue weighted by molar-refractivity contribution is 5.93. The standard InChI is InChI=1S/C20H22FN3O3/c1-14(2)27-18-10-6-3-7-15(18)13-22-24-20(26)12-11-19(25)23-17-9-5-4-8-16(17)21/h3-10,13-14H,11-12H2,1-2H3,(H,23,25)(H,24,26). The van der Waals surface area contributed by atoms with Gasteiger partial charge in [0.15, 0.2) is 0 Å². The summed E-state index contributed by atoms with van der Waals surface area (Å²) >= 11 is 0. The number of rotatable bonds is 8. The molecule has 2 aromatic carbocycles. The second-order valence-electron chi connectivity index (χ2n) is 6.03. The second kappa shape index (κ2) is 10.1. The van der Waals surface area contributed by atoms with E-state index in [0.29, 0.717) is 5.75 Å². The van der Waals surface area contributed by atoms with Crippen LogP contribution in [0.15, 0.2) is 53.6 Å². The number of anilines is 1. The second-order valence-corrected chi connectivity index (χ2v) is 6.03. The Hall–Kier alpha value is -3.22. The minimum absolute atomic E-state index is 0.0158. The number of nitrogens with one attached hydrogen (secondary N) is 2. The van der Waals surface area contributed by atoms with Gasteiger partial charge in [0.05, 0.1) is 18.0 Å². The molecule has 0 saturated carbocycles. The molecule has 2 N–H and O–H groups in total. The number of para-hydroxylation sites is 2. The van der Waals surface area contributed by atoms with Gasteiger partial charge in [-0.3, -0.25) is 9.59 Å². The fourth-order valence-corrected chi connectivity index (χ4v) is 2.18. The molecule has 2 amide bonds. The number of nitrogens with zero attached hydrogens (tertiary/aromatic N) is 1. The van der Waals surface area contributed by atoms with E-state index in [-0.39, 0.29) is 24.6 Å². The van der Waals surface area contributed by atoms with Crippen molar-refractivity contribution in [2.75, 3.05) is 5.32 Å². The highest BCUT2D eigenvalue weighted by atomic mass is 19.1. The van der Waals surface area contributed by atoms with Crippen molar-refractivity contribution < 1.29 is 18.7 Å². The Morgan fingerprint density at radius 3 is 2.48 bits per heavy atom. The van der Waals surface area contributed by atoms with E-state index in [1.54, 1.807) is 6.07 Å². The maximum Gasteiger partial charge on any atom is 0.240 e. The Bertz CT molecular complexity index is 822. The maximum atomic E-state index is 13.5. The van der Waals surface area contributed by atoms with Crippen LogP contribution in [0.25, 0.3) is 0 Å². The molecule has 0 heterocycles. The van der Waals surface area contributed by atoms with E-state index in [9.17, 15) is 14.0 Å². The van der Waals surface area contributed by atoms with Gasteiger partial charge in [-0.05, 0) is 38.1 Å². The predicted octanol–water partition coefficient (Wildman–Crippen LogP) is 3.48. The third-order valence-corrected chi connectivity index (χ3v) is 3.40. The first kappa shape index (κ1) is 20.1. The molecule has 2 rings (SSSR count). The Morgan fingerprint density at radius 1 is 1.07 bits per heavy atom. The molecular formula is C20H22FN3O3. The molecule has 0 radical (unpaired) electrons. The number of hydrazone groups is 1. The summed E-state index contributed by atoms with van der Waals surface area (Å²) in [5.74, 6) is -0.732. The Balaban J connectivity index is 1.80. The molecule has 0 atom stereocenters. The summed E-state index contributed by atoms with van der Waals surface area (Å²) in [5.41, 5.74) is 3.17. The highest BCUT2D eigenvalue weighted by Gasteiger charge is 2.09. The Labute approximate surface area is 157 Å². The van der Waals surface area contributed by atoms with Crippen molar-refractivity contribution in [2.24, 2.45) is 5.10 Å². The van der Waals surface area contributed by atoms with Crippen LogP contribution in [0.5, 0.6) is 5.75 Å². The van der Waals surface area contributed by atoms with Crippen molar-refractivity contribution in [3.05, 3.63) is 59.9 Å². The summed E-state index contributed by atoms with van der Waals surface area (Å²) in [6.45, 7) is 3.84. The third kappa shape index (κ3) is 6.89. The van der Waals surface area contributed by atoms with Crippen LogP contribution in [0.4, 0.5) is 10.1 Å². The average Bonchev–Trinajstić information content (AvgIpc) is 2.63. The normalized spacial score (nSPS) is 10.8. The monoisotopic (exact) mass is 371 g/mol. The topological polar surface area (TPSA) is 79.8 Å². The van der Waals surface area contributed by atoms with Gasteiger partial charge in [0.2, 0.25) is 11.8 Å². The Kier molecular flexibility index (Phi) is 7.49. The number of halogens is 1. The smallest absolute Gasteiger partial charge is 0.240 e. The van der Waals surface area contributed by atoms with Crippen molar-refractivity contribution >= 4 is 23.7 Å². The number of hydrogen-bond donors (Lipinski definition) is 2. The van der Waals surface area contributed by atoms with E-state index >= 15 is 0 Å². The van der Waals surface area contributed by atoms with Crippen LogP contribution in [0.3, 0.4) is 0 Å². The zero-order valence-corrected chi connectivity index (χ0v) is 15.2. The van der Waals surface area contributed by atoms with Gasteiger partial charge in [0, 0.05) is 18.4 Å². The van der Waals surface area contributed by atoms with Gasteiger partial charge in [0.1, 0.15) is 11.6 Å². The minimum atomic E-state index is -0.526. The number of hydrogen-bond acceptors (Lipinski definition) is 4. The van der Waals surface area contributed by atoms with Crippen molar-refractivity contribution in [1.82, 2.24) is 5.43 Å². The molecule has 0 bridgehead atoms. The van der Waals surface area contributed by atoms with Gasteiger partial charge < -0.3 is 10.1 Å². The van der Waals surface area contributed by atoms with Crippen molar-refractivity contribution in [2.45, 2.75) is 32.8 Å². The molecule has 142 valence electrons. The molecule has 27 heavy (non-hydrogen) atoms. The highest BCUT2D eigenvalue weighted by Crippen LogP contribution is 2.17. The predicted molar refractivity (Wildman–Crippen MR) is 102 cm³/mol. The lowest BCUT2D eigenvalue weighted by atomic mass is 10.2. The molecule has 0 spiro atoms. The summed E-state index contributed by atoms with van der Waals surface area (Å²) in [7, 11) is 0. The Morgan fingerprint density at radius 2 is 1.74 bits per heavy atom. The van der Waals surface area contributed by atoms with E-state index in [2.05, 4.69) is 15.8 Å². The molecule has 7 heteroatoms. The average molecular weight is 371 g/mol. The van der Waals surface area contributed by atoms with E-state index in [0.717, 1.165) is 5.56 Å². The van der Waals surface area contributed by atoms with E-state index in [1.165, 1.54) is 24.4 Å². The van der Waals surface area contributed by atoms with E-state index in [4.69, 9.17) is 4.74 Å². The molecule has 2 aromatic rings. The molecule has 0 unspecified atom stereocenters. The lowest BCUT2D eigenvalue weighted by molar-refractivity contribution is -0.124. The summed E-state index contributed by atoms with van der Waals surface area (Å²) in [5, 5.41) is 6.31. The quantitative estimate of drug-likeness (QED) is 0.551. The van der Waals surface area contributed by atoms with Crippen LogP contribution in [0.2, 0.25) is 0 Å². The fraction of sp³-hybridized carbons (Fsp3) is 0.250. The molecule has 0 aliphatic carbocycles. The van der Waals surface area contributed by atoms with E-state index < -0.39 is 17.6 Å². The lowest BCUT2D eigenvalue weighted by Gasteiger charge is -2.11. The molecular weight excluding hydrogens is 349 g/mol. The maximum absolute atomic E-state index is 13.5. The zero-order valence-electron chi connectivity index (χ0n) is 15.2. The molecule has 0 aliphatic rings. The van der Waals surface area contributed by atoms with E-state index in [1.807, 2.05) is 38.1 Å². The lowest BCUT2D eigenvalue weighted by Crippen LogP contribution is -2.21. The van der Waals surface area contributed by atoms with Gasteiger partial charge in [-0.2, -0.15) is 5.10 Å². The van der Waals surface area contributed by atoms with Gasteiger partial charge >= 0.3 is 0 Å². The van der Waals surface area contributed by atoms with Crippen LogP contribution in [0.1, 0.15) is 32.3 Å². The fourth-order valence-electron chi connectivity index (χ4n) is 2.18. The summed E-state index contributed by atoms with van der Waals surface area (Å²) in [6, 6.07) is 13.2. The van der Waals surface area contributed by atoms with Crippen LogP contribution >= 0.6 is 0 Å². The molecule has 0 fully saturated rings. The van der Waals surface area contributed by atoms with Crippen LogP contribution in [-0.2, 0) is 9.59 Å². The SMILES string of the molecule is CC(C)Oc1ccccc1C=NNC(=O)CCC(=O)Nc1ccccc1F. The van der Waals surface area contributed by atoms with Gasteiger partial charge in [-0.15, -0.1) is 0 Å². The van der Waals surface area contributed by atoms with Crippen molar-refractivity contribution in [1.29, 1.82) is 0 Å². The minimum Gasteiger partial charge on any atom is -0.490 e. The zero-order chi connectivity index (χ0) is 19.6. The number of carbonyl (C=O) groups excluding carboxylic acids is 2. The van der Waals surface area contributed by atoms with Crippen LogP contribution in [-0.4, -0.2) is 24.1 Å². The first-order valence-electron chi connectivity index (χ1n) is 8.57. The largest absolute Gasteiger partial charge is 0.490 e.